The van der Waals surface area contributed by atoms with Gasteiger partial charge in [0.1, 0.15) is 0 Å². The molecule has 0 heterocycles. The summed E-state index contributed by atoms with van der Waals surface area (Å²) < 4.78 is 5.72. The largest absolute Gasteiger partial charge is 0.387 e. The van der Waals surface area contributed by atoms with Crippen LogP contribution in [0.25, 0.3) is 0 Å². The minimum absolute atomic E-state index is 0.231. The maximum atomic E-state index is 7.47. The van der Waals surface area contributed by atoms with Crippen molar-refractivity contribution in [2.45, 2.75) is 59.8 Å². The lowest BCUT2D eigenvalue weighted by molar-refractivity contribution is 0.0810. The van der Waals surface area contributed by atoms with E-state index in [1.54, 1.807) is 0 Å². The highest BCUT2D eigenvalue weighted by Gasteiger charge is 2.21. The second kappa shape index (κ2) is 8.51. The molecular weight excluding hydrogens is 212 g/mol. The average Bonchev–Trinajstić information content (AvgIpc) is 2.28. The maximum absolute atomic E-state index is 7.47. The zero-order valence-corrected chi connectivity index (χ0v) is 12.0. The lowest BCUT2D eigenvalue weighted by Crippen LogP contribution is -2.32. The van der Waals surface area contributed by atoms with Crippen LogP contribution in [-0.2, 0) is 4.74 Å². The van der Waals surface area contributed by atoms with Gasteiger partial charge in [0.15, 0.2) is 0 Å². The first-order valence-electron chi connectivity index (χ1n) is 6.86. The molecule has 0 aromatic heterocycles. The number of amidine groups is 1. The molecular formula is C14H30N2O. The Morgan fingerprint density at radius 2 is 2.00 bits per heavy atom. The van der Waals surface area contributed by atoms with Crippen LogP contribution in [0, 0.1) is 16.7 Å². The molecule has 0 fully saturated rings. The quantitative estimate of drug-likeness (QED) is 0.349. The van der Waals surface area contributed by atoms with Crippen molar-refractivity contribution in [1.82, 2.24) is 0 Å². The zero-order chi connectivity index (χ0) is 13.3. The zero-order valence-electron chi connectivity index (χ0n) is 12.0. The molecule has 0 aromatic rings. The summed E-state index contributed by atoms with van der Waals surface area (Å²) in [6.45, 7) is 9.99. The molecule has 0 rings (SSSR count). The molecule has 1 atom stereocenters. The first kappa shape index (κ1) is 16.4. The van der Waals surface area contributed by atoms with Gasteiger partial charge in [-0.25, -0.2) is 0 Å². The van der Waals surface area contributed by atoms with Crippen molar-refractivity contribution < 1.29 is 4.74 Å². The molecule has 3 nitrogen and oxygen atoms in total. The van der Waals surface area contributed by atoms with Crippen LogP contribution in [0.4, 0.5) is 0 Å². The van der Waals surface area contributed by atoms with E-state index in [0.29, 0.717) is 12.5 Å². The second-order valence-corrected chi connectivity index (χ2v) is 5.54. The number of hydrogen-bond acceptors (Lipinski definition) is 2. The Morgan fingerprint density at radius 1 is 1.35 bits per heavy atom. The molecule has 0 aliphatic heterocycles. The Morgan fingerprint density at radius 3 is 2.47 bits per heavy atom. The third-order valence-corrected chi connectivity index (χ3v) is 3.50. The number of unbranched alkanes of at least 4 members (excludes halogenated alkanes) is 1. The van der Waals surface area contributed by atoms with Gasteiger partial charge in [-0.2, -0.15) is 0 Å². The van der Waals surface area contributed by atoms with Crippen LogP contribution in [0.3, 0.4) is 0 Å². The fraction of sp³-hybridized carbons (Fsp3) is 0.929. The predicted molar refractivity (Wildman–Crippen MR) is 74.4 cm³/mol. The van der Waals surface area contributed by atoms with Crippen molar-refractivity contribution in [3.63, 3.8) is 0 Å². The average molecular weight is 242 g/mol. The summed E-state index contributed by atoms with van der Waals surface area (Å²) in [4.78, 5) is 0. The second-order valence-electron chi connectivity index (χ2n) is 5.54. The summed E-state index contributed by atoms with van der Waals surface area (Å²) >= 11 is 0. The summed E-state index contributed by atoms with van der Waals surface area (Å²) in [5, 5.41) is 7.47. The van der Waals surface area contributed by atoms with E-state index in [9.17, 15) is 0 Å². The summed E-state index contributed by atoms with van der Waals surface area (Å²) in [7, 11) is 0. The molecule has 0 amide bonds. The first-order valence-corrected chi connectivity index (χ1v) is 6.86. The molecule has 0 aliphatic carbocycles. The van der Waals surface area contributed by atoms with Gasteiger partial charge in [-0.1, -0.05) is 47.0 Å². The molecule has 0 saturated carbocycles. The van der Waals surface area contributed by atoms with Gasteiger partial charge in [-0.15, -0.1) is 0 Å². The van der Waals surface area contributed by atoms with Gasteiger partial charge in [0.25, 0.3) is 0 Å². The Balaban J connectivity index is 3.71. The number of nitrogens with one attached hydrogen (secondary N) is 1. The van der Waals surface area contributed by atoms with Crippen molar-refractivity contribution in [2.75, 3.05) is 13.2 Å². The first-order chi connectivity index (χ1) is 7.94. The molecule has 1 unspecified atom stereocenters. The monoisotopic (exact) mass is 242 g/mol. The molecule has 0 aliphatic rings. The van der Waals surface area contributed by atoms with Gasteiger partial charge < -0.3 is 10.5 Å². The third kappa shape index (κ3) is 7.37. The van der Waals surface area contributed by atoms with E-state index in [1.165, 1.54) is 25.7 Å². The number of hydrogen-bond donors (Lipinski definition) is 2. The highest BCUT2D eigenvalue weighted by molar-refractivity contribution is 5.82. The van der Waals surface area contributed by atoms with E-state index < -0.39 is 0 Å². The molecule has 0 saturated heterocycles. The maximum Gasteiger partial charge on any atom is 0.0963 e. The van der Waals surface area contributed by atoms with Crippen molar-refractivity contribution in [3.05, 3.63) is 0 Å². The predicted octanol–water partition coefficient (Wildman–Crippen LogP) is 3.57. The van der Waals surface area contributed by atoms with E-state index in [0.717, 1.165) is 13.0 Å². The van der Waals surface area contributed by atoms with E-state index in [1.807, 2.05) is 13.8 Å². The molecule has 0 spiro atoms. The number of nitrogens with two attached hydrogens (primary N) is 1. The molecule has 0 radical (unpaired) electrons. The van der Waals surface area contributed by atoms with Crippen molar-refractivity contribution in [3.8, 4) is 0 Å². The molecule has 0 aromatic carbocycles. The van der Waals surface area contributed by atoms with Gasteiger partial charge in [-0.05, 0) is 18.8 Å². The Kier molecular flexibility index (Phi) is 8.23. The van der Waals surface area contributed by atoms with Crippen LogP contribution in [0.1, 0.15) is 59.8 Å². The summed E-state index contributed by atoms with van der Waals surface area (Å²) in [6.07, 6.45) is 5.83. The van der Waals surface area contributed by atoms with Gasteiger partial charge in [0.2, 0.25) is 0 Å². The van der Waals surface area contributed by atoms with Crippen molar-refractivity contribution in [1.29, 1.82) is 5.41 Å². The van der Waals surface area contributed by atoms with Crippen LogP contribution in [-0.4, -0.2) is 19.0 Å². The van der Waals surface area contributed by atoms with E-state index >= 15 is 0 Å². The molecule has 3 heteroatoms. The van der Waals surface area contributed by atoms with Gasteiger partial charge in [0, 0.05) is 18.6 Å². The van der Waals surface area contributed by atoms with Crippen LogP contribution >= 0.6 is 0 Å². The smallest absolute Gasteiger partial charge is 0.0963 e. The van der Waals surface area contributed by atoms with Gasteiger partial charge >= 0.3 is 0 Å². The van der Waals surface area contributed by atoms with Crippen LogP contribution in [0.15, 0.2) is 0 Å². The normalized spacial score (nSPS) is 13.6. The lowest BCUT2D eigenvalue weighted by Gasteiger charge is -2.23. The Labute approximate surface area is 107 Å². The molecule has 0 bridgehead atoms. The van der Waals surface area contributed by atoms with Crippen LogP contribution in [0.5, 0.6) is 0 Å². The van der Waals surface area contributed by atoms with Crippen LogP contribution in [0.2, 0.25) is 0 Å². The van der Waals surface area contributed by atoms with Gasteiger partial charge in [0.05, 0.1) is 5.84 Å². The Bertz CT molecular complexity index is 214. The lowest BCUT2D eigenvalue weighted by atomic mass is 9.88. The fourth-order valence-corrected chi connectivity index (χ4v) is 1.61. The minimum Gasteiger partial charge on any atom is -0.387 e. The molecule has 3 N–H and O–H groups in total. The third-order valence-electron chi connectivity index (χ3n) is 3.50. The summed E-state index contributed by atoms with van der Waals surface area (Å²) in [5.41, 5.74) is 5.30. The van der Waals surface area contributed by atoms with E-state index in [-0.39, 0.29) is 11.3 Å². The summed E-state index contributed by atoms with van der Waals surface area (Å²) in [6, 6.07) is 0. The van der Waals surface area contributed by atoms with E-state index in [4.69, 9.17) is 15.9 Å². The SMILES string of the molecule is CCCCC(CC)COCCC(C)(C)C(=N)N. The standard InChI is InChI=1S/C14H30N2O/c1-5-7-8-12(6-2)11-17-10-9-14(3,4)13(15)16/h12H,5-11H2,1-4H3,(H3,15,16). The molecule has 17 heavy (non-hydrogen) atoms. The highest BCUT2D eigenvalue weighted by atomic mass is 16.5. The highest BCUT2D eigenvalue weighted by Crippen LogP contribution is 2.20. The minimum atomic E-state index is -0.231. The van der Waals surface area contributed by atoms with E-state index in [2.05, 4.69) is 13.8 Å². The fourth-order valence-electron chi connectivity index (χ4n) is 1.61. The van der Waals surface area contributed by atoms with Crippen LogP contribution < -0.4 is 5.73 Å². The molecule has 102 valence electrons. The summed E-state index contributed by atoms with van der Waals surface area (Å²) in [5.74, 6) is 0.939. The Hall–Kier alpha value is -0.570. The topological polar surface area (TPSA) is 59.1 Å². The van der Waals surface area contributed by atoms with Gasteiger partial charge in [-0.3, -0.25) is 5.41 Å². The van der Waals surface area contributed by atoms with Crippen molar-refractivity contribution in [2.24, 2.45) is 17.1 Å². The van der Waals surface area contributed by atoms with Crippen molar-refractivity contribution >= 4 is 5.84 Å². The number of ether oxygens (including phenoxy) is 1. The number of rotatable bonds is 10.